The van der Waals surface area contributed by atoms with Crippen LogP contribution < -0.4 is 10.6 Å². The monoisotopic (exact) mass is 413 g/mol. The Morgan fingerprint density at radius 2 is 1.97 bits per heavy atom. The summed E-state index contributed by atoms with van der Waals surface area (Å²) in [5, 5.41) is 5.98. The summed E-state index contributed by atoms with van der Waals surface area (Å²) in [6.45, 7) is 3.93. The first-order valence-corrected chi connectivity index (χ1v) is 11.1. The molecular weight excluding hydrogens is 382 g/mol. The highest BCUT2D eigenvalue weighted by atomic mass is 16.5. The minimum Gasteiger partial charge on any atom is -0.356 e. The summed E-state index contributed by atoms with van der Waals surface area (Å²) in [5.74, 6) is -0.675. The number of ether oxygens (including phenoxy) is 1. The lowest BCUT2D eigenvalue weighted by atomic mass is 9.87. The topological polar surface area (TPSA) is 87.7 Å². The molecule has 0 aromatic heterocycles. The number of rotatable bonds is 5. The van der Waals surface area contributed by atoms with Crippen LogP contribution in [-0.2, 0) is 25.5 Å². The Balaban J connectivity index is 1.44. The molecule has 4 rings (SSSR count). The second-order valence-electron chi connectivity index (χ2n) is 8.65. The van der Waals surface area contributed by atoms with Gasteiger partial charge in [0.05, 0.1) is 12.6 Å². The number of carbonyl (C=O) groups is 3. The molecule has 0 saturated carbocycles. The Kier molecular flexibility index (Phi) is 6.09. The van der Waals surface area contributed by atoms with Gasteiger partial charge in [0.2, 0.25) is 17.7 Å². The third-order valence-electron chi connectivity index (χ3n) is 6.71. The molecule has 1 aliphatic carbocycles. The van der Waals surface area contributed by atoms with Crippen LogP contribution in [0.5, 0.6) is 0 Å². The highest BCUT2D eigenvalue weighted by Gasteiger charge is 2.47. The summed E-state index contributed by atoms with van der Waals surface area (Å²) in [6, 6.07) is 6.91. The highest BCUT2D eigenvalue weighted by molar-refractivity contribution is 5.93. The Morgan fingerprint density at radius 1 is 1.17 bits per heavy atom. The van der Waals surface area contributed by atoms with Gasteiger partial charge in [-0.3, -0.25) is 14.4 Å². The van der Waals surface area contributed by atoms with E-state index in [1.807, 2.05) is 26.0 Å². The number of hydrogen-bond acceptors (Lipinski definition) is 4. The van der Waals surface area contributed by atoms with E-state index in [1.54, 1.807) is 4.90 Å². The first-order valence-electron chi connectivity index (χ1n) is 11.1. The van der Waals surface area contributed by atoms with Gasteiger partial charge in [-0.2, -0.15) is 0 Å². The molecule has 2 N–H and O–H groups in total. The minimum absolute atomic E-state index is 0.0248. The van der Waals surface area contributed by atoms with Crippen molar-refractivity contribution in [3.05, 3.63) is 35.4 Å². The van der Waals surface area contributed by atoms with E-state index in [2.05, 4.69) is 22.8 Å². The van der Waals surface area contributed by atoms with E-state index in [0.717, 1.165) is 19.3 Å². The predicted octanol–water partition coefficient (Wildman–Crippen LogP) is 2.06. The molecule has 2 fully saturated rings. The van der Waals surface area contributed by atoms with Crippen molar-refractivity contribution in [1.82, 2.24) is 15.5 Å². The van der Waals surface area contributed by atoms with Crippen molar-refractivity contribution in [1.29, 1.82) is 0 Å². The summed E-state index contributed by atoms with van der Waals surface area (Å²) >= 11 is 0. The fourth-order valence-corrected chi connectivity index (χ4v) is 4.73. The largest absolute Gasteiger partial charge is 0.356 e. The zero-order chi connectivity index (χ0) is 21.3. The van der Waals surface area contributed by atoms with Crippen molar-refractivity contribution in [3.63, 3.8) is 0 Å². The normalized spacial score (nSPS) is 29.0. The van der Waals surface area contributed by atoms with Crippen LogP contribution in [0.3, 0.4) is 0 Å². The summed E-state index contributed by atoms with van der Waals surface area (Å²) in [6.07, 6.45) is 4.49. The average Bonchev–Trinajstić information content (AvgIpc) is 3.20. The van der Waals surface area contributed by atoms with E-state index in [4.69, 9.17) is 4.74 Å². The lowest BCUT2D eigenvalue weighted by molar-refractivity contribution is -0.167. The molecule has 2 heterocycles. The molecule has 0 radical (unpaired) electrons. The van der Waals surface area contributed by atoms with Crippen LogP contribution in [0.2, 0.25) is 0 Å². The summed E-state index contributed by atoms with van der Waals surface area (Å²) in [4.78, 5) is 40.1. The molecule has 2 aliphatic heterocycles. The van der Waals surface area contributed by atoms with E-state index in [1.165, 1.54) is 11.1 Å². The zero-order valence-electron chi connectivity index (χ0n) is 17.7. The maximum absolute atomic E-state index is 13.2. The molecule has 0 spiro atoms. The van der Waals surface area contributed by atoms with E-state index in [0.29, 0.717) is 19.3 Å². The molecule has 5 atom stereocenters. The number of aryl methyl sites for hydroxylation is 1. The molecule has 2 saturated heterocycles. The van der Waals surface area contributed by atoms with Crippen molar-refractivity contribution in [2.75, 3.05) is 6.61 Å². The van der Waals surface area contributed by atoms with E-state index < -0.39 is 12.1 Å². The van der Waals surface area contributed by atoms with Gasteiger partial charge in [-0.15, -0.1) is 0 Å². The van der Waals surface area contributed by atoms with Crippen LogP contribution in [0.15, 0.2) is 24.3 Å². The average molecular weight is 414 g/mol. The summed E-state index contributed by atoms with van der Waals surface area (Å²) in [7, 11) is 0. The molecular formula is C23H31N3O4. The number of benzene rings is 1. The highest BCUT2D eigenvalue weighted by Crippen LogP contribution is 2.32. The smallest absolute Gasteiger partial charge is 0.250 e. The molecule has 7 heteroatoms. The van der Waals surface area contributed by atoms with Crippen LogP contribution in [0, 0.1) is 5.92 Å². The van der Waals surface area contributed by atoms with E-state index >= 15 is 0 Å². The van der Waals surface area contributed by atoms with Crippen LogP contribution >= 0.6 is 0 Å². The van der Waals surface area contributed by atoms with Crippen LogP contribution in [0.25, 0.3) is 0 Å². The van der Waals surface area contributed by atoms with Crippen molar-refractivity contribution in [2.24, 2.45) is 5.92 Å². The van der Waals surface area contributed by atoms with Crippen molar-refractivity contribution in [3.8, 4) is 0 Å². The third kappa shape index (κ3) is 3.95. The number of hydrogen-bond donors (Lipinski definition) is 2. The van der Waals surface area contributed by atoms with Crippen LogP contribution in [0.4, 0.5) is 0 Å². The fraction of sp³-hybridized carbons (Fsp3) is 0.609. The standard InChI is InChI=1S/C23H31N3O4/c1-3-14(2)21(27)25-18-13-30-20-12-11-19(26(20)23(18)29)22(28)24-17-10-6-8-15-7-4-5-9-16(15)17/h4-5,7,9,14,17-20H,3,6,8,10-13H2,1-2H3,(H,24,28)(H,25,27)/t14-,17?,18?,19?,20+/m1/s1. The second kappa shape index (κ2) is 8.76. The molecule has 30 heavy (non-hydrogen) atoms. The van der Waals surface area contributed by atoms with Gasteiger partial charge in [-0.1, -0.05) is 38.1 Å². The minimum atomic E-state index is -0.730. The van der Waals surface area contributed by atoms with Gasteiger partial charge in [0.1, 0.15) is 18.3 Å². The maximum Gasteiger partial charge on any atom is 0.250 e. The molecule has 1 aromatic carbocycles. The Morgan fingerprint density at radius 3 is 2.77 bits per heavy atom. The summed E-state index contributed by atoms with van der Waals surface area (Å²) < 4.78 is 5.84. The number of fused-ring (bicyclic) bond motifs is 2. The van der Waals surface area contributed by atoms with Crippen molar-refractivity contribution < 1.29 is 19.1 Å². The second-order valence-corrected chi connectivity index (χ2v) is 8.65. The van der Waals surface area contributed by atoms with Gasteiger partial charge >= 0.3 is 0 Å². The van der Waals surface area contributed by atoms with Gasteiger partial charge in [0, 0.05) is 5.92 Å². The van der Waals surface area contributed by atoms with E-state index in [9.17, 15) is 14.4 Å². The quantitative estimate of drug-likeness (QED) is 0.774. The van der Waals surface area contributed by atoms with Crippen LogP contribution in [-0.4, -0.2) is 47.5 Å². The zero-order valence-corrected chi connectivity index (χ0v) is 17.7. The molecule has 0 bridgehead atoms. The molecule has 1 aromatic rings. The Bertz CT molecular complexity index is 826. The number of nitrogens with zero attached hydrogens (tertiary/aromatic N) is 1. The SMILES string of the molecule is CC[C@@H](C)C(=O)NC1CO[C@H]2CCC(C(=O)NC3CCCc4ccccc43)N2C1=O. The number of amides is 3. The van der Waals surface area contributed by atoms with Crippen molar-refractivity contribution in [2.45, 2.75) is 76.7 Å². The van der Waals surface area contributed by atoms with Crippen molar-refractivity contribution >= 4 is 17.7 Å². The van der Waals surface area contributed by atoms with Gasteiger partial charge in [0.15, 0.2) is 0 Å². The predicted molar refractivity (Wildman–Crippen MR) is 111 cm³/mol. The van der Waals surface area contributed by atoms with E-state index in [-0.39, 0.29) is 42.5 Å². The Labute approximate surface area is 177 Å². The molecule has 7 nitrogen and oxygen atoms in total. The maximum atomic E-state index is 13.2. The van der Waals surface area contributed by atoms with Gasteiger partial charge < -0.3 is 20.3 Å². The first-order chi connectivity index (χ1) is 14.5. The Hall–Kier alpha value is -2.41. The number of carbonyl (C=O) groups excluding carboxylic acids is 3. The lowest BCUT2D eigenvalue weighted by Crippen LogP contribution is -2.61. The summed E-state index contributed by atoms with van der Waals surface area (Å²) in [5.41, 5.74) is 2.45. The van der Waals surface area contributed by atoms with Crippen LogP contribution in [0.1, 0.15) is 63.1 Å². The van der Waals surface area contributed by atoms with Gasteiger partial charge in [0.25, 0.3) is 0 Å². The molecule has 3 unspecified atom stereocenters. The lowest BCUT2D eigenvalue weighted by Gasteiger charge is -2.38. The fourth-order valence-electron chi connectivity index (χ4n) is 4.73. The van der Waals surface area contributed by atoms with Gasteiger partial charge in [-0.05, 0) is 49.7 Å². The molecule has 3 amide bonds. The third-order valence-corrected chi connectivity index (χ3v) is 6.71. The number of nitrogens with one attached hydrogen (secondary N) is 2. The first kappa shape index (κ1) is 20.8. The van der Waals surface area contributed by atoms with Gasteiger partial charge in [-0.25, -0.2) is 0 Å². The molecule has 3 aliphatic rings. The molecule has 162 valence electrons.